The first-order valence-electron chi connectivity index (χ1n) is 18.8. The van der Waals surface area contributed by atoms with Gasteiger partial charge in [-0.25, -0.2) is 4.79 Å². The molecular formula is C41H51N3O4S. The SMILES string of the molecule is O=C(CCc1cccs1)[C@@H]1CN(C(=O)OCC2c3ccccc3-c3ccccc32)CCN1C(=O)[C@@H](CC1CCCCC1)NC1CCCCC1. The Morgan fingerprint density at radius 1 is 0.816 bits per heavy atom. The van der Waals surface area contributed by atoms with Crippen molar-refractivity contribution in [3.05, 3.63) is 82.0 Å². The van der Waals surface area contributed by atoms with E-state index in [1.54, 1.807) is 16.2 Å². The lowest BCUT2D eigenvalue weighted by Gasteiger charge is -2.42. The fourth-order valence-corrected chi connectivity index (χ4v) is 9.50. The van der Waals surface area contributed by atoms with E-state index in [1.807, 2.05) is 40.6 Å². The number of carbonyl (C=O) groups is 3. The number of nitrogens with one attached hydrogen (secondary N) is 1. The average Bonchev–Trinajstić information content (AvgIpc) is 3.79. The Balaban J connectivity index is 1.06. The van der Waals surface area contributed by atoms with Gasteiger partial charge >= 0.3 is 6.09 Å². The summed E-state index contributed by atoms with van der Waals surface area (Å²) in [4.78, 5) is 47.0. The molecule has 1 aromatic heterocycles. The van der Waals surface area contributed by atoms with Crippen LogP contribution in [0.2, 0.25) is 0 Å². The normalized spacial score (nSPS) is 20.9. The smallest absolute Gasteiger partial charge is 0.409 e. The Labute approximate surface area is 295 Å². The van der Waals surface area contributed by atoms with Crippen LogP contribution in [0.5, 0.6) is 0 Å². The molecule has 7 rings (SSSR count). The summed E-state index contributed by atoms with van der Waals surface area (Å²) in [6.45, 7) is 1.10. The molecule has 49 heavy (non-hydrogen) atoms. The predicted octanol–water partition coefficient (Wildman–Crippen LogP) is 7.97. The zero-order chi connectivity index (χ0) is 33.6. The Bertz CT molecular complexity index is 1510. The fraction of sp³-hybridized carbons (Fsp3) is 0.537. The van der Waals surface area contributed by atoms with Crippen LogP contribution in [0.1, 0.15) is 99.0 Å². The third kappa shape index (κ3) is 7.96. The Morgan fingerprint density at radius 3 is 2.16 bits per heavy atom. The van der Waals surface area contributed by atoms with Crippen LogP contribution in [0, 0.1) is 5.92 Å². The summed E-state index contributed by atoms with van der Waals surface area (Å²) >= 11 is 1.65. The number of hydrogen-bond donors (Lipinski definition) is 1. The van der Waals surface area contributed by atoms with Crippen molar-refractivity contribution in [2.75, 3.05) is 26.2 Å². The molecule has 1 saturated heterocycles. The van der Waals surface area contributed by atoms with E-state index >= 15 is 0 Å². The van der Waals surface area contributed by atoms with Crippen molar-refractivity contribution in [2.45, 2.75) is 108 Å². The molecule has 3 aliphatic carbocycles. The number of thiophene rings is 1. The second-order valence-corrected chi connectivity index (χ2v) is 15.7. The van der Waals surface area contributed by atoms with Gasteiger partial charge in [0, 0.05) is 36.3 Å². The number of hydrogen-bond acceptors (Lipinski definition) is 6. The molecular weight excluding hydrogens is 631 g/mol. The maximum absolute atomic E-state index is 14.6. The van der Waals surface area contributed by atoms with Crippen LogP contribution in [-0.2, 0) is 20.7 Å². The van der Waals surface area contributed by atoms with Crippen LogP contribution < -0.4 is 5.32 Å². The monoisotopic (exact) mass is 681 g/mol. The molecule has 0 unspecified atom stereocenters. The van der Waals surface area contributed by atoms with Crippen LogP contribution in [0.15, 0.2) is 66.0 Å². The number of carbonyl (C=O) groups excluding carboxylic acids is 3. The highest BCUT2D eigenvalue weighted by atomic mass is 32.1. The molecule has 260 valence electrons. The molecule has 0 spiro atoms. The maximum Gasteiger partial charge on any atom is 0.409 e. The first-order valence-corrected chi connectivity index (χ1v) is 19.6. The minimum Gasteiger partial charge on any atom is -0.448 e. The highest BCUT2D eigenvalue weighted by Crippen LogP contribution is 2.44. The van der Waals surface area contributed by atoms with Crippen LogP contribution in [0.25, 0.3) is 11.1 Å². The van der Waals surface area contributed by atoms with Gasteiger partial charge in [-0.05, 0) is 65.3 Å². The number of fused-ring (bicyclic) bond motifs is 3. The average molecular weight is 682 g/mol. The van der Waals surface area contributed by atoms with Crippen molar-refractivity contribution in [2.24, 2.45) is 5.92 Å². The third-order valence-electron chi connectivity index (χ3n) is 11.5. The van der Waals surface area contributed by atoms with Crippen molar-refractivity contribution >= 4 is 29.1 Å². The molecule has 0 bridgehead atoms. The molecule has 1 aliphatic heterocycles. The van der Waals surface area contributed by atoms with Crippen LogP contribution in [0.3, 0.4) is 0 Å². The van der Waals surface area contributed by atoms with Gasteiger partial charge in [0.2, 0.25) is 5.91 Å². The number of ether oxygens (including phenoxy) is 1. The van der Waals surface area contributed by atoms with E-state index < -0.39 is 12.1 Å². The van der Waals surface area contributed by atoms with Gasteiger partial charge in [0.1, 0.15) is 12.6 Å². The highest BCUT2D eigenvalue weighted by Gasteiger charge is 2.41. The molecule has 1 N–H and O–H groups in total. The van der Waals surface area contributed by atoms with Gasteiger partial charge in [0.25, 0.3) is 0 Å². The van der Waals surface area contributed by atoms with Crippen molar-refractivity contribution in [1.29, 1.82) is 0 Å². The number of ketones is 1. The number of piperazine rings is 1. The zero-order valence-electron chi connectivity index (χ0n) is 28.7. The van der Waals surface area contributed by atoms with E-state index in [2.05, 4.69) is 35.6 Å². The minimum atomic E-state index is -0.677. The lowest BCUT2D eigenvalue weighted by atomic mass is 9.83. The lowest BCUT2D eigenvalue weighted by molar-refractivity contribution is -0.145. The van der Waals surface area contributed by atoms with Gasteiger partial charge in [-0.2, -0.15) is 0 Å². The molecule has 2 atom stereocenters. The second kappa shape index (κ2) is 16.0. The summed E-state index contributed by atoms with van der Waals surface area (Å²) in [7, 11) is 0. The summed E-state index contributed by atoms with van der Waals surface area (Å²) in [5.74, 6) is 0.563. The topological polar surface area (TPSA) is 79.0 Å². The lowest BCUT2D eigenvalue weighted by Crippen LogP contribution is -2.63. The molecule has 0 radical (unpaired) electrons. The van der Waals surface area contributed by atoms with E-state index in [0.29, 0.717) is 37.9 Å². The van der Waals surface area contributed by atoms with E-state index in [-0.39, 0.29) is 36.8 Å². The highest BCUT2D eigenvalue weighted by molar-refractivity contribution is 7.09. The number of amides is 2. The van der Waals surface area contributed by atoms with Crippen molar-refractivity contribution in [1.82, 2.24) is 15.1 Å². The number of benzene rings is 2. The van der Waals surface area contributed by atoms with Gasteiger partial charge in [-0.3, -0.25) is 9.59 Å². The standard InChI is InChI=1S/C41H51N3O4S/c45-39(22-21-31-16-11-25-49-31)38-27-43(41(47)48-28-36-34-19-9-7-17-32(34)33-18-8-10-20-35(33)36)23-24-44(38)40(46)37(26-29-12-3-1-4-13-29)42-30-14-5-2-6-15-30/h7-11,16-20,25,29-30,36-38,42H,1-6,12-15,21-24,26-28H2/t37-,38+/m1/s1. The molecule has 2 saturated carbocycles. The summed E-state index contributed by atoms with van der Waals surface area (Å²) in [5, 5.41) is 5.84. The number of nitrogens with zero attached hydrogens (tertiary/aromatic N) is 2. The van der Waals surface area contributed by atoms with Gasteiger partial charge in [-0.1, -0.05) is 106 Å². The summed E-state index contributed by atoms with van der Waals surface area (Å²) in [6.07, 6.45) is 13.4. The molecule has 2 heterocycles. The fourth-order valence-electron chi connectivity index (χ4n) is 8.79. The van der Waals surface area contributed by atoms with E-state index in [0.717, 1.165) is 24.1 Å². The van der Waals surface area contributed by atoms with Gasteiger partial charge < -0.3 is 19.9 Å². The predicted molar refractivity (Wildman–Crippen MR) is 195 cm³/mol. The third-order valence-corrected chi connectivity index (χ3v) is 12.4. The van der Waals surface area contributed by atoms with E-state index in [4.69, 9.17) is 4.74 Å². The molecule has 3 fully saturated rings. The number of rotatable bonds is 11. The minimum absolute atomic E-state index is 0.0204. The Kier molecular flexibility index (Phi) is 11.1. The van der Waals surface area contributed by atoms with Gasteiger partial charge in [0.15, 0.2) is 5.78 Å². The van der Waals surface area contributed by atoms with E-state index in [9.17, 15) is 14.4 Å². The van der Waals surface area contributed by atoms with Crippen LogP contribution in [0.4, 0.5) is 4.79 Å². The van der Waals surface area contributed by atoms with Crippen molar-refractivity contribution < 1.29 is 19.1 Å². The number of aryl methyl sites for hydroxylation is 1. The Hall–Kier alpha value is -3.49. The largest absolute Gasteiger partial charge is 0.448 e. The van der Waals surface area contributed by atoms with Gasteiger partial charge in [0.05, 0.1) is 12.6 Å². The molecule has 8 heteroatoms. The molecule has 3 aromatic rings. The van der Waals surface area contributed by atoms with Crippen LogP contribution in [-0.4, -0.2) is 72.0 Å². The molecule has 2 amide bonds. The zero-order valence-corrected chi connectivity index (χ0v) is 29.5. The van der Waals surface area contributed by atoms with E-state index in [1.165, 1.54) is 73.6 Å². The Morgan fingerprint density at radius 2 is 1.49 bits per heavy atom. The quantitative estimate of drug-likeness (QED) is 0.222. The summed E-state index contributed by atoms with van der Waals surface area (Å²) < 4.78 is 6.03. The van der Waals surface area contributed by atoms with Crippen LogP contribution >= 0.6 is 11.3 Å². The van der Waals surface area contributed by atoms with Gasteiger partial charge in [-0.15, -0.1) is 11.3 Å². The first kappa shape index (κ1) is 34.0. The molecule has 7 nitrogen and oxygen atoms in total. The summed E-state index contributed by atoms with van der Waals surface area (Å²) in [6, 6.07) is 20.1. The molecule has 4 aliphatic rings. The number of Topliss-reactive ketones (excluding diaryl/α,β-unsaturated/α-hetero) is 1. The van der Waals surface area contributed by atoms with Crippen molar-refractivity contribution in [3.63, 3.8) is 0 Å². The van der Waals surface area contributed by atoms with Crippen molar-refractivity contribution in [3.8, 4) is 11.1 Å². The second-order valence-electron chi connectivity index (χ2n) is 14.6. The molecule has 2 aromatic carbocycles. The maximum atomic E-state index is 14.6. The summed E-state index contributed by atoms with van der Waals surface area (Å²) in [5.41, 5.74) is 4.71. The first-order chi connectivity index (χ1) is 24.0.